The monoisotopic (exact) mass is 306 g/mol. The fraction of sp³-hybridized carbons (Fsp3) is 0.588. The second-order valence-electron chi connectivity index (χ2n) is 5.57. The number of benzene rings is 1. The lowest BCUT2D eigenvalue weighted by atomic mass is 10.0. The lowest BCUT2D eigenvalue weighted by Gasteiger charge is -2.26. The van der Waals surface area contributed by atoms with Gasteiger partial charge < -0.3 is 19.7 Å². The van der Waals surface area contributed by atoms with Crippen molar-refractivity contribution in [2.75, 3.05) is 34.4 Å². The van der Waals surface area contributed by atoms with Crippen LogP contribution < -0.4 is 14.8 Å². The van der Waals surface area contributed by atoms with Crippen LogP contribution in [0.25, 0.3) is 0 Å². The van der Waals surface area contributed by atoms with E-state index in [9.17, 15) is 4.79 Å². The molecule has 5 nitrogen and oxygen atoms in total. The van der Waals surface area contributed by atoms with Gasteiger partial charge in [0.05, 0.1) is 20.3 Å². The van der Waals surface area contributed by atoms with Crippen LogP contribution in [0.15, 0.2) is 18.2 Å². The Morgan fingerprint density at radius 1 is 1.32 bits per heavy atom. The third kappa shape index (κ3) is 3.71. The number of methoxy groups -OCH3 is 2. The molecule has 1 aromatic carbocycles. The van der Waals surface area contributed by atoms with Crippen LogP contribution in [0.2, 0.25) is 0 Å². The number of amides is 1. The Morgan fingerprint density at radius 3 is 2.77 bits per heavy atom. The lowest BCUT2D eigenvalue weighted by Crippen LogP contribution is -2.30. The van der Waals surface area contributed by atoms with Gasteiger partial charge >= 0.3 is 0 Å². The maximum atomic E-state index is 12.4. The Morgan fingerprint density at radius 2 is 2.09 bits per heavy atom. The molecule has 1 aromatic rings. The fourth-order valence-corrected chi connectivity index (χ4v) is 3.03. The first-order valence-electron chi connectivity index (χ1n) is 7.87. The predicted octanol–water partition coefficient (Wildman–Crippen LogP) is 2.37. The van der Waals surface area contributed by atoms with E-state index in [0.29, 0.717) is 6.42 Å². The molecule has 1 N–H and O–H groups in total. The highest BCUT2D eigenvalue weighted by Gasteiger charge is 2.30. The Hall–Kier alpha value is -1.75. The first-order valence-corrected chi connectivity index (χ1v) is 7.87. The lowest BCUT2D eigenvalue weighted by molar-refractivity contribution is -0.132. The van der Waals surface area contributed by atoms with Crippen LogP contribution in [0.4, 0.5) is 0 Å². The Bertz CT molecular complexity index is 505. The molecule has 2 rings (SSSR count). The molecule has 5 heteroatoms. The molecule has 1 fully saturated rings. The Kier molecular flexibility index (Phi) is 6.07. The zero-order valence-corrected chi connectivity index (χ0v) is 13.7. The maximum absolute atomic E-state index is 12.4. The number of carbonyl (C=O) groups excluding carboxylic acids is 1. The first-order chi connectivity index (χ1) is 10.7. The van der Waals surface area contributed by atoms with Crippen molar-refractivity contribution >= 4 is 5.91 Å². The van der Waals surface area contributed by atoms with Crippen molar-refractivity contribution in [3.05, 3.63) is 23.8 Å². The van der Waals surface area contributed by atoms with Gasteiger partial charge in [0.15, 0.2) is 11.5 Å². The van der Waals surface area contributed by atoms with Crippen molar-refractivity contribution in [2.45, 2.75) is 31.7 Å². The average Bonchev–Trinajstić information content (AvgIpc) is 3.04. The van der Waals surface area contributed by atoms with Crippen LogP contribution in [0.3, 0.4) is 0 Å². The molecule has 0 spiro atoms. The number of carbonyl (C=O) groups is 1. The molecule has 1 heterocycles. The smallest absolute Gasteiger partial charge is 0.223 e. The molecular formula is C17H26N2O3. The SMILES string of the molecule is CNCCCC(=O)N1CCCC1c1ccc(OC)c(OC)c1. The van der Waals surface area contributed by atoms with E-state index >= 15 is 0 Å². The van der Waals surface area contributed by atoms with Gasteiger partial charge in [0, 0.05) is 13.0 Å². The van der Waals surface area contributed by atoms with Crippen molar-refractivity contribution in [3.8, 4) is 11.5 Å². The van der Waals surface area contributed by atoms with Gasteiger partial charge in [-0.3, -0.25) is 4.79 Å². The Balaban J connectivity index is 2.11. The quantitative estimate of drug-likeness (QED) is 0.786. The Labute approximate surface area is 132 Å². The van der Waals surface area contributed by atoms with E-state index in [0.717, 1.165) is 49.4 Å². The molecule has 1 saturated heterocycles. The molecule has 1 atom stereocenters. The van der Waals surface area contributed by atoms with Crippen molar-refractivity contribution < 1.29 is 14.3 Å². The van der Waals surface area contributed by atoms with Gasteiger partial charge in [-0.1, -0.05) is 6.07 Å². The summed E-state index contributed by atoms with van der Waals surface area (Å²) in [6.45, 7) is 1.72. The molecule has 1 aliphatic rings. The molecule has 1 amide bonds. The highest BCUT2D eigenvalue weighted by molar-refractivity contribution is 5.77. The second-order valence-corrected chi connectivity index (χ2v) is 5.57. The van der Waals surface area contributed by atoms with Gasteiger partial charge in [0.25, 0.3) is 0 Å². The van der Waals surface area contributed by atoms with Crippen LogP contribution in [0.5, 0.6) is 11.5 Å². The van der Waals surface area contributed by atoms with E-state index in [2.05, 4.69) is 5.32 Å². The topological polar surface area (TPSA) is 50.8 Å². The minimum atomic E-state index is 0.155. The summed E-state index contributed by atoms with van der Waals surface area (Å²) in [4.78, 5) is 14.4. The zero-order valence-electron chi connectivity index (χ0n) is 13.7. The minimum absolute atomic E-state index is 0.155. The molecule has 1 aliphatic heterocycles. The van der Waals surface area contributed by atoms with Crippen LogP contribution >= 0.6 is 0 Å². The van der Waals surface area contributed by atoms with E-state index in [1.165, 1.54) is 0 Å². The number of hydrogen-bond acceptors (Lipinski definition) is 4. The number of hydrogen-bond donors (Lipinski definition) is 1. The maximum Gasteiger partial charge on any atom is 0.223 e. The number of rotatable bonds is 7. The van der Waals surface area contributed by atoms with Gasteiger partial charge in [0.2, 0.25) is 5.91 Å². The summed E-state index contributed by atoms with van der Waals surface area (Å²) in [5.74, 6) is 1.68. The first kappa shape index (κ1) is 16.6. The zero-order chi connectivity index (χ0) is 15.9. The van der Waals surface area contributed by atoms with Gasteiger partial charge in [-0.15, -0.1) is 0 Å². The standard InChI is InChI=1S/C17H26N2O3/c1-18-10-4-7-17(20)19-11-5-6-14(19)13-8-9-15(21-2)16(12-13)22-3/h8-9,12,14,18H,4-7,10-11H2,1-3H3. The molecule has 0 saturated carbocycles. The van der Waals surface area contributed by atoms with Crippen LogP contribution in [0, 0.1) is 0 Å². The van der Waals surface area contributed by atoms with Gasteiger partial charge in [-0.2, -0.15) is 0 Å². The van der Waals surface area contributed by atoms with Gasteiger partial charge in [-0.25, -0.2) is 0 Å². The largest absolute Gasteiger partial charge is 0.493 e. The molecule has 0 aromatic heterocycles. The summed E-state index contributed by atoms with van der Waals surface area (Å²) in [7, 11) is 5.18. The molecule has 1 unspecified atom stereocenters. The summed E-state index contributed by atoms with van der Waals surface area (Å²) in [6.07, 6.45) is 3.54. The van der Waals surface area contributed by atoms with Crippen molar-refractivity contribution in [1.82, 2.24) is 10.2 Å². The van der Waals surface area contributed by atoms with Crippen LogP contribution in [0.1, 0.15) is 37.3 Å². The van der Waals surface area contributed by atoms with Crippen molar-refractivity contribution in [3.63, 3.8) is 0 Å². The van der Waals surface area contributed by atoms with Gasteiger partial charge in [-0.05, 0) is 50.6 Å². The average molecular weight is 306 g/mol. The summed E-state index contributed by atoms with van der Waals surface area (Å²) in [5.41, 5.74) is 1.12. The number of nitrogens with zero attached hydrogens (tertiary/aromatic N) is 1. The minimum Gasteiger partial charge on any atom is -0.493 e. The molecule has 22 heavy (non-hydrogen) atoms. The second kappa shape index (κ2) is 8.03. The molecule has 122 valence electrons. The number of nitrogens with one attached hydrogen (secondary N) is 1. The van der Waals surface area contributed by atoms with Crippen LogP contribution in [-0.4, -0.2) is 45.2 Å². The van der Waals surface area contributed by atoms with Gasteiger partial charge in [0.1, 0.15) is 0 Å². The highest BCUT2D eigenvalue weighted by atomic mass is 16.5. The molecule has 0 bridgehead atoms. The van der Waals surface area contributed by atoms with E-state index in [4.69, 9.17) is 9.47 Å². The third-order valence-corrected chi connectivity index (χ3v) is 4.18. The third-order valence-electron chi connectivity index (χ3n) is 4.18. The van der Waals surface area contributed by atoms with Crippen molar-refractivity contribution in [1.29, 1.82) is 0 Å². The summed E-state index contributed by atoms with van der Waals surface area (Å²) < 4.78 is 10.7. The molecular weight excluding hydrogens is 280 g/mol. The normalized spacial score (nSPS) is 17.6. The molecule has 0 aliphatic carbocycles. The van der Waals surface area contributed by atoms with E-state index in [1.54, 1.807) is 14.2 Å². The molecule has 0 radical (unpaired) electrons. The summed E-state index contributed by atoms with van der Waals surface area (Å²) in [6, 6.07) is 6.09. The van der Waals surface area contributed by atoms with E-state index in [1.807, 2.05) is 30.1 Å². The number of ether oxygens (including phenoxy) is 2. The predicted molar refractivity (Wildman–Crippen MR) is 86.4 cm³/mol. The highest BCUT2D eigenvalue weighted by Crippen LogP contribution is 2.37. The summed E-state index contributed by atoms with van der Waals surface area (Å²) >= 11 is 0. The summed E-state index contributed by atoms with van der Waals surface area (Å²) in [5, 5.41) is 3.08. The number of likely N-dealkylation sites (tertiary alicyclic amines) is 1. The van der Waals surface area contributed by atoms with E-state index < -0.39 is 0 Å². The van der Waals surface area contributed by atoms with E-state index in [-0.39, 0.29) is 11.9 Å². The fourth-order valence-electron chi connectivity index (χ4n) is 3.03. The van der Waals surface area contributed by atoms with Crippen molar-refractivity contribution in [2.24, 2.45) is 0 Å². The van der Waals surface area contributed by atoms with Crippen LogP contribution in [-0.2, 0) is 4.79 Å².